The lowest BCUT2D eigenvalue weighted by atomic mass is 9.78. The summed E-state index contributed by atoms with van der Waals surface area (Å²) in [6.45, 7) is 14.0. The molecule has 2 aliphatic rings. The molecule has 5 rings (SSSR count). The number of urea groups is 1. The molecule has 0 N–H and O–H groups in total. The highest BCUT2D eigenvalue weighted by Crippen LogP contribution is 2.52. The summed E-state index contributed by atoms with van der Waals surface area (Å²) < 4.78 is 29.7. The average Bonchev–Trinajstić information content (AvgIpc) is 3.40. The van der Waals surface area contributed by atoms with Gasteiger partial charge < -0.3 is 9.64 Å². The van der Waals surface area contributed by atoms with Crippen LogP contribution >= 0.6 is 23.2 Å². The van der Waals surface area contributed by atoms with E-state index in [-0.39, 0.29) is 17.2 Å². The summed E-state index contributed by atoms with van der Waals surface area (Å²) in [5, 5.41) is 1.23. The molecule has 1 saturated heterocycles. The number of benzene rings is 3. The van der Waals surface area contributed by atoms with Gasteiger partial charge >= 0.3 is 6.03 Å². The van der Waals surface area contributed by atoms with E-state index in [4.69, 9.17) is 32.9 Å². The van der Waals surface area contributed by atoms with Crippen molar-refractivity contribution in [2.24, 2.45) is 4.99 Å². The van der Waals surface area contributed by atoms with Crippen LogP contribution in [0.4, 0.5) is 4.79 Å². The third-order valence-electron chi connectivity index (χ3n) is 9.54. The van der Waals surface area contributed by atoms with E-state index in [0.717, 1.165) is 22.3 Å². The third kappa shape index (κ3) is 8.28. The van der Waals surface area contributed by atoms with Crippen molar-refractivity contribution in [1.29, 1.82) is 0 Å². The zero-order valence-electron chi connectivity index (χ0n) is 29.4. The van der Waals surface area contributed by atoms with E-state index in [9.17, 15) is 8.42 Å². The van der Waals surface area contributed by atoms with Crippen LogP contribution in [-0.2, 0) is 20.8 Å². The van der Waals surface area contributed by atoms with Gasteiger partial charge in [-0.15, -0.1) is 0 Å². The number of nitrogens with zero attached hydrogens (tertiary/aromatic N) is 4. The maximum Gasteiger partial charge on any atom is 0.326 e. The van der Waals surface area contributed by atoms with Crippen LogP contribution in [-0.4, -0.2) is 86.3 Å². The van der Waals surface area contributed by atoms with E-state index in [0.29, 0.717) is 73.8 Å². The fourth-order valence-electron chi connectivity index (χ4n) is 6.85. The highest BCUT2D eigenvalue weighted by molar-refractivity contribution is 7.90. The molecule has 2 amide bonds. The SMILES string of the molecule is CCOc1cc(C(C)(C)C)ccc1C1=N[C@@](CC)(c2ccc(Cl)cc2)C(c2ccc(Cl)cc2)N1C(=O)N1CCN(CCCS(C)(=O)=O)CC1. The Kier molecular flexibility index (Phi) is 11.4. The number of halogens is 2. The molecule has 11 heteroatoms. The van der Waals surface area contributed by atoms with Gasteiger partial charge in [0, 0.05) is 42.5 Å². The molecule has 0 aliphatic carbocycles. The summed E-state index contributed by atoms with van der Waals surface area (Å²) in [5.41, 5.74) is 2.79. The Morgan fingerprint density at radius 3 is 2.10 bits per heavy atom. The summed E-state index contributed by atoms with van der Waals surface area (Å²) in [4.78, 5) is 26.6. The minimum absolute atomic E-state index is 0.110. The van der Waals surface area contributed by atoms with Gasteiger partial charge in [-0.1, -0.05) is 81.2 Å². The quantitative estimate of drug-likeness (QED) is 0.212. The molecule has 0 spiro atoms. The molecule has 264 valence electrons. The van der Waals surface area contributed by atoms with Crippen molar-refractivity contribution in [3.8, 4) is 5.75 Å². The summed E-state index contributed by atoms with van der Waals surface area (Å²) >= 11 is 12.8. The Labute approximate surface area is 302 Å². The Morgan fingerprint density at radius 1 is 0.939 bits per heavy atom. The molecule has 3 aromatic rings. The van der Waals surface area contributed by atoms with Gasteiger partial charge in [0.25, 0.3) is 0 Å². The summed E-state index contributed by atoms with van der Waals surface area (Å²) in [6, 6.07) is 21.0. The molecule has 49 heavy (non-hydrogen) atoms. The predicted octanol–water partition coefficient (Wildman–Crippen LogP) is 7.97. The maximum atomic E-state index is 15.1. The molecule has 0 saturated carbocycles. The number of aliphatic imine (C=N–C) groups is 1. The zero-order valence-corrected chi connectivity index (χ0v) is 31.7. The van der Waals surface area contributed by atoms with E-state index in [2.05, 4.69) is 44.7 Å². The standard InChI is InChI=1S/C38H48Cl2N4O4S/c1-7-38(28-12-17-31(40)18-13-28)34(27-10-15-30(39)16-11-27)44(36(45)43-23-21-42(22-24-43)20-9-25-49(6,46)47)35(41-38)32-19-14-29(37(3,4)5)26-33(32)48-8-2/h10-19,26,34H,7-9,20-25H2,1-6H3/t34?,38-/m0/s1. The van der Waals surface area contributed by atoms with Gasteiger partial charge in [0.1, 0.15) is 27.0 Å². The fourth-order valence-corrected chi connectivity index (χ4v) is 7.76. The number of carbonyl (C=O) groups is 1. The van der Waals surface area contributed by atoms with Crippen LogP contribution < -0.4 is 4.74 Å². The number of rotatable bonds is 10. The predicted molar refractivity (Wildman–Crippen MR) is 200 cm³/mol. The first-order chi connectivity index (χ1) is 23.2. The number of amides is 2. The van der Waals surface area contributed by atoms with E-state index < -0.39 is 21.4 Å². The van der Waals surface area contributed by atoms with Crippen molar-refractivity contribution in [3.63, 3.8) is 0 Å². The van der Waals surface area contributed by atoms with Crippen LogP contribution in [0.5, 0.6) is 5.75 Å². The van der Waals surface area contributed by atoms with Crippen molar-refractivity contribution in [3.05, 3.63) is 99.0 Å². The second kappa shape index (κ2) is 15.0. The Balaban J connectivity index is 1.64. The highest BCUT2D eigenvalue weighted by Gasteiger charge is 2.53. The number of carbonyl (C=O) groups excluding carboxylic acids is 1. The molecular weight excluding hydrogens is 679 g/mol. The third-order valence-corrected chi connectivity index (χ3v) is 11.1. The first-order valence-electron chi connectivity index (χ1n) is 17.0. The zero-order chi connectivity index (χ0) is 35.6. The fraction of sp³-hybridized carbons (Fsp3) is 0.474. The van der Waals surface area contributed by atoms with Crippen molar-refractivity contribution < 1.29 is 17.9 Å². The summed E-state index contributed by atoms with van der Waals surface area (Å²) in [6.07, 6.45) is 2.44. The van der Waals surface area contributed by atoms with Crippen LogP contribution in [0.25, 0.3) is 0 Å². The largest absolute Gasteiger partial charge is 0.493 e. The maximum absolute atomic E-state index is 15.1. The minimum atomic E-state index is -3.02. The Bertz CT molecular complexity index is 1770. The van der Waals surface area contributed by atoms with E-state index in [1.165, 1.54) is 6.26 Å². The second-order valence-corrected chi connectivity index (χ2v) is 17.2. The van der Waals surface area contributed by atoms with Crippen LogP contribution in [0.3, 0.4) is 0 Å². The van der Waals surface area contributed by atoms with E-state index >= 15 is 4.79 Å². The molecule has 2 atom stereocenters. The van der Waals surface area contributed by atoms with Gasteiger partial charge in [-0.2, -0.15) is 0 Å². The first kappa shape index (κ1) is 37.2. The van der Waals surface area contributed by atoms with Gasteiger partial charge in [0.05, 0.1) is 24.0 Å². The number of hydrogen-bond donors (Lipinski definition) is 0. The number of ether oxygens (including phenoxy) is 1. The van der Waals surface area contributed by atoms with Crippen LogP contribution in [0.15, 0.2) is 71.7 Å². The monoisotopic (exact) mass is 726 g/mol. The van der Waals surface area contributed by atoms with Crippen molar-refractivity contribution in [1.82, 2.24) is 14.7 Å². The van der Waals surface area contributed by atoms with Crippen molar-refractivity contribution in [2.75, 3.05) is 51.3 Å². The molecule has 8 nitrogen and oxygen atoms in total. The summed E-state index contributed by atoms with van der Waals surface area (Å²) in [7, 11) is -3.02. The lowest BCUT2D eigenvalue weighted by Crippen LogP contribution is -2.55. The van der Waals surface area contributed by atoms with E-state index in [1.54, 1.807) is 0 Å². The smallest absolute Gasteiger partial charge is 0.326 e. The van der Waals surface area contributed by atoms with Gasteiger partial charge in [-0.3, -0.25) is 14.8 Å². The molecule has 2 heterocycles. The molecule has 3 aromatic carbocycles. The number of piperazine rings is 1. The lowest BCUT2D eigenvalue weighted by Gasteiger charge is -2.41. The molecule has 2 aliphatic heterocycles. The van der Waals surface area contributed by atoms with Gasteiger partial charge in [0.15, 0.2) is 0 Å². The first-order valence-corrected chi connectivity index (χ1v) is 19.9. The average molecular weight is 728 g/mol. The van der Waals surface area contributed by atoms with E-state index in [1.807, 2.05) is 71.3 Å². The molecule has 1 fully saturated rings. The molecule has 0 aromatic heterocycles. The second-order valence-electron chi connectivity index (χ2n) is 14.0. The van der Waals surface area contributed by atoms with Crippen LogP contribution in [0.1, 0.15) is 75.8 Å². The van der Waals surface area contributed by atoms with Crippen molar-refractivity contribution >= 4 is 44.9 Å². The summed E-state index contributed by atoms with van der Waals surface area (Å²) in [5.74, 6) is 1.39. The van der Waals surface area contributed by atoms with Gasteiger partial charge in [-0.05, 0) is 84.8 Å². The highest BCUT2D eigenvalue weighted by atomic mass is 35.5. The molecule has 0 radical (unpaired) electrons. The minimum Gasteiger partial charge on any atom is -0.493 e. The number of hydrogen-bond acceptors (Lipinski definition) is 6. The van der Waals surface area contributed by atoms with Crippen LogP contribution in [0.2, 0.25) is 10.0 Å². The molecule has 1 unspecified atom stereocenters. The lowest BCUT2D eigenvalue weighted by molar-refractivity contribution is 0.113. The van der Waals surface area contributed by atoms with Gasteiger partial charge in [-0.25, -0.2) is 13.2 Å². The molecule has 0 bridgehead atoms. The Morgan fingerprint density at radius 2 is 1.55 bits per heavy atom. The van der Waals surface area contributed by atoms with Crippen LogP contribution in [0, 0.1) is 0 Å². The van der Waals surface area contributed by atoms with Crippen molar-refractivity contribution in [2.45, 2.75) is 64.5 Å². The normalized spacial score (nSPS) is 20.4. The Hall–Kier alpha value is -3.11. The topological polar surface area (TPSA) is 82.5 Å². The molecular formula is C38H48Cl2N4O4S. The van der Waals surface area contributed by atoms with Gasteiger partial charge in [0.2, 0.25) is 0 Å². The number of amidine groups is 1. The number of sulfone groups is 1.